The number of hydrogen-bond donors (Lipinski definition) is 0. The molecule has 0 N–H and O–H groups in total. The van der Waals surface area contributed by atoms with E-state index < -0.39 is 0 Å². The molecule has 1 fully saturated rings. The number of likely N-dealkylation sites (tertiary alicyclic amines) is 1. The molecule has 162 valence electrons. The smallest absolute Gasteiger partial charge is 0.278 e. The summed E-state index contributed by atoms with van der Waals surface area (Å²) in [5.41, 5.74) is 2.67. The third-order valence-corrected chi connectivity index (χ3v) is 5.63. The molecule has 6 heteroatoms. The zero-order valence-electron chi connectivity index (χ0n) is 18.2. The minimum Gasteiger partial charge on any atom is -0.493 e. The summed E-state index contributed by atoms with van der Waals surface area (Å²) in [6, 6.07) is 11.2. The fourth-order valence-electron chi connectivity index (χ4n) is 4.03. The largest absolute Gasteiger partial charge is 0.493 e. The Bertz CT molecular complexity index is 961. The standard InChI is InChI=1S/C25H29N3O3/c1-18(2)17-31-21-8-6-20(7-9-21)22-23(27-14-4-3-5-15-27)25(30)28(24(22)29)16-19-10-12-26-13-11-19/h6-13,18H,3-5,14-17H2,1-2H3. The first-order valence-corrected chi connectivity index (χ1v) is 11.0. The van der Waals surface area contributed by atoms with Gasteiger partial charge >= 0.3 is 0 Å². The van der Waals surface area contributed by atoms with Crippen LogP contribution in [0, 0.1) is 5.92 Å². The van der Waals surface area contributed by atoms with Gasteiger partial charge in [0.05, 0.1) is 18.7 Å². The van der Waals surface area contributed by atoms with E-state index in [2.05, 4.69) is 23.7 Å². The number of pyridine rings is 1. The molecule has 2 aliphatic rings. The second kappa shape index (κ2) is 9.33. The number of amides is 2. The summed E-state index contributed by atoms with van der Waals surface area (Å²) in [6.45, 7) is 6.69. The molecular weight excluding hydrogens is 390 g/mol. The number of rotatable bonds is 7. The zero-order valence-corrected chi connectivity index (χ0v) is 18.2. The summed E-state index contributed by atoms with van der Waals surface area (Å²) >= 11 is 0. The minimum atomic E-state index is -0.238. The molecule has 2 aromatic rings. The van der Waals surface area contributed by atoms with Crippen molar-refractivity contribution >= 4 is 17.4 Å². The van der Waals surface area contributed by atoms with Gasteiger partial charge in [0.15, 0.2) is 0 Å². The molecule has 4 rings (SSSR count). The Hall–Kier alpha value is -3.15. The second-order valence-corrected chi connectivity index (χ2v) is 8.55. The van der Waals surface area contributed by atoms with Crippen LogP contribution in [0.2, 0.25) is 0 Å². The van der Waals surface area contributed by atoms with Gasteiger partial charge in [0.1, 0.15) is 11.4 Å². The van der Waals surface area contributed by atoms with Crippen LogP contribution in [0.15, 0.2) is 54.5 Å². The number of ether oxygens (including phenoxy) is 1. The van der Waals surface area contributed by atoms with Crippen molar-refractivity contribution in [2.45, 2.75) is 39.7 Å². The highest BCUT2D eigenvalue weighted by molar-refractivity contribution is 6.35. The van der Waals surface area contributed by atoms with Gasteiger partial charge < -0.3 is 9.64 Å². The zero-order chi connectivity index (χ0) is 21.8. The summed E-state index contributed by atoms with van der Waals surface area (Å²) in [6.07, 6.45) is 6.57. The molecule has 0 saturated carbocycles. The quantitative estimate of drug-likeness (QED) is 0.638. The van der Waals surface area contributed by atoms with E-state index in [0.29, 0.717) is 23.8 Å². The van der Waals surface area contributed by atoms with Gasteiger partial charge in [-0.2, -0.15) is 0 Å². The van der Waals surface area contributed by atoms with Crippen molar-refractivity contribution in [3.8, 4) is 5.75 Å². The van der Waals surface area contributed by atoms with E-state index in [-0.39, 0.29) is 18.4 Å². The minimum absolute atomic E-state index is 0.209. The number of carbonyl (C=O) groups excluding carboxylic acids is 2. The number of carbonyl (C=O) groups is 2. The van der Waals surface area contributed by atoms with Crippen LogP contribution in [-0.2, 0) is 16.1 Å². The van der Waals surface area contributed by atoms with E-state index in [0.717, 1.165) is 49.2 Å². The maximum absolute atomic E-state index is 13.4. The van der Waals surface area contributed by atoms with Crippen LogP contribution in [0.4, 0.5) is 0 Å². The molecule has 0 bridgehead atoms. The van der Waals surface area contributed by atoms with Gasteiger partial charge in [0.25, 0.3) is 11.8 Å². The number of aromatic nitrogens is 1. The van der Waals surface area contributed by atoms with E-state index in [1.165, 1.54) is 4.90 Å². The molecule has 1 aromatic heterocycles. The fraction of sp³-hybridized carbons (Fsp3) is 0.400. The molecule has 0 radical (unpaired) electrons. The summed E-state index contributed by atoms with van der Waals surface area (Å²) < 4.78 is 5.78. The Morgan fingerprint density at radius 2 is 1.61 bits per heavy atom. The van der Waals surface area contributed by atoms with Crippen molar-refractivity contribution < 1.29 is 14.3 Å². The average Bonchev–Trinajstić information content (AvgIpc) is 3.04. The van der Waals surface area contributed by atoms with Gasteiger partial charge in [-0.25, -0.2) is 0 Å². The maximum Gasteiger partial charge on any atom is 0.278 e. The number of imide groups is 1. The number of nitrogens with zero attached hydrogens (tertiary/aromatic N) is 3. The molecule has 1 aromatic carbocycles. The lowest BCUT2D eigenvalue weighted by Crippen LogP contribution is -2.36. The van der Waals surface area contributed by atoms with Crippen LogP contribution in [0.25, 0.3) is 5.57 Å². The van der Waals surface area contributed by atoms with Crippen LogP contribution < -0.4 is 4.74 Å². The molecule has 1 saturated heterocycles. The van der Waals surface area contributed by atoms with Crippen LogP contribution >= 0.6 is 0 Å². The highest BCUT2D eigenvalue weighted by Crippen LogP contribution is 2.34. The lowest BCUT2D eigenvalue weighted by Gasteiger charge is -2.29. The molecule has 0 spiro atoms. The average molecular weight is 420 g/mol. The van der Waals surface area contributed by atoms with Gasteiger partial charge in [-0.05, 0) is 60.6 Å². The topological polar surface area (TPSA) is 62.7 Å². The molecule has 0 unspecified atom stereocenters. The summed E-state index contributed by atoms with van der Waals surface area (Å²) in [7, 11) is 0. The first-order valence-electron chi connectivity index (χ1n) is 11.0. The van der Waals surface area contributed by atoms with Gasteiger partial charge in [-0.3, -0.25) is 19.5 Å². The van der Waals surface area contributed by atoms with E-state index in [1.54, 1.807) is 12.4 Å². The first kappa shape index (κ1) is 21.1. The monoisotopic (exact) mass is 419 g/mol. The molecule has 2 amide bonds. The van der Waals surface area contributed by atoms with Crippen molar-refractivity contribution in [3.05, 3.63) is 65.6 Å². The maximum atomic E-state index is 13.4. The third-order valence-electron chi connectivity index (χ3n) is 5.63. The number of piperidine rings is 1. The van der Waals surface area contributed by atoms with Crippen LogP contribution in [0.3, 0.4) is 0 Å². The fourth-order valence-corrected chi connectivity index (χ4v) is 4.03. The molecule has 3 heterocycles. The van der Waals surface area contributed by atoms with E-state index in [4.69, 9.17) is 4.74 Å². The van der Waals surface area contributed by atoms with Crippen molar-refractivity contribution in [2.24, 2.45) is 5.92 Å². The number of benzene rings is 1. The van der Waals surface area contributed by atoms with Crippen molar-refractivity contribution in [1.82, 2.24) is 14.8 Å². The Morgan fingerprint density at radius 1 is 0.935 bits per heavy atom. The lowest BCUT2D eigenvalue weighted by molar-refractivity contribution is -0.138. The molecule has 2 aliphatic heterocycles. The Labute approximate surface area is 183 Å². The highest BCUT2D eigenvalue weighted by Gasteiger charge is 2.41. The molecular formula is C25H29N3O3. The Kier molecular flexibility index (Phi) is 6.35. The second-order valence-electron chi connectivity index (χ2n) is 8.55. The predicted octanol–water partition coefficient (Wildman–Crippen LogP) is 3.88. The van der Waals surface area contributed by atoms with Gasteiger partial charge in [-0.15, -0.1) is 0 Å². The van der Waals surface area contributed by atoms with Crippen molar-refractivity contribution in [2.75, 3.05) is 19.7 Å². The van der Waals surface area contributed by atoms with E-state index in [9.17, 15) is 9.59 Å². The first-order chi connectivity index (χ1) is 15.0. The van der Waals surface area contributed by atoms with Crippen molar-refractivity contribution in [3.63, 3.8) is 0 Å². The van der Waals surface area contributed by atoms with Crippen LogP contribution in [0.5, 0.6) is 5.75 Å². The highest BCUT2D eigenvalue weighted by atomic mass is 16.5. The molecule has 6 nitrogen and oxygen atoms in total. The Morgan fingerprint density at radius 3 is 2.26 bits per heavy atom. The van der Waals surface area contributed by atoms with Gasteiger partial charge in [-0.1, -0.05) is 26.0 Å². The molecule has 31 heavy (non-hydrogen) atoms. The molecule has 0 aliphatic carbocycles. The van der Waals surface area contributed by atoms with Crippen LogP contribution in [-0.4, -0.2) is 46.3 Å². The Balaban J connectivity index is 1.65. The molecule has 0 atom stereocenters. The van der Waals surface area contributed by atoms with Gasteiger partial charge in [0.2, 0.25) is 0 Å². The predicted molar refractivity (Wildman–Crippen MR) is 119 cm³/mol. The summed E-state index contributed by atoms with van der Waals surface area (Å²) in [5.74, 6) is 0.754. The number of hydrogen-bond acceptors (Lipinski definition) is 5. The van der Waals surface area contributed by atoms with Gasteiger partial charge in [0, 0.05) is 25.5 Å². The van der Waals surface area contributed by atoms with Crippen molar-refractivity contribution in [1.29, 1.82) is 0 Å². The van der Waals surface area contributed by atoms with E-state index in [1.807, 2.05) is 36.4 Å². The summed E-state index contributed by atoms with van der Waals surface area (Å²) in [5, 5.41) is 0. The van der Waals surface area contributed by atoms with Crippen LogP contribution in [0.1, 0.15) is 44.2 Å². The SMILES string of the molecule is CC(C)COc1ccc(C2=C(N3CCCCC3)C(=O)N(Cc3ccncc3)C2=O)cc1. The van der Waals surface area contributed by atoms with E-state index >= 15 is 0 Å². The summed E-state index contributed by atoms with van der Waals surface area (Å²) in [4.78, 5) is 34.3. The lowest BCUT2D eigenvalue weighted by atomic mass is 10.0. The normalized spacial score (nSPS) is 17.1. The third kappa shape index (κ3) is 4.63.